The highest BCUT2D eigenvalue weighted by atomic mass is 16.6. The van der Waals surface area contributed by atoms with Crippen molar-refractivity contribution in [3.05, 3.63) is 144 Å². The predicted octanol–water partition coefficient (Wildman–Crippen LogP) is 6.19. The molecule has 0 bridgehead atoms. The fraction of sp³-hybridized carbons (Fsp3) is 0.138. The minimum Gasteiger partial charge on any atom is -0.441 e. The first kappa shape index (κ1) is 24.6. The number of nitro benzene ring substituents is 2. The van der Waals surface area contributed by atoms with Gasteiger partial charge in [0.25, 0.3) is 11.4 Å². The Morgan fingerprint density at radius 1 is 0.895 bits per heavy atom. The van der Waals surface area contributed by atoms with E-state index in [0.29, 0.717) is 35.3 Å². The maximum absolute atomic E-state index is 13.7. The number of hydrogen-bond acceptors (Lipinski definition) is 7. The normalized spacial score (nSPS) is 18.1. The number of ketones is 1. The molecule has 0 saturated carbocycles. The number of nitrogens with two attached hydrogens (primary N) is 1. The molecule has 0 radical (unpaired) electrons. The molecule has 0 aromatic heterocycles. The fourth-order valence-electron chi connectivity index (χ4n) is 5.03. The summed E-state index contributed by atoms with van der Waals surface area (Å²) in [6, 6.07) is 21.2. The van der Waals surface area contributed by atoms with Gasteiger partial charge >= 0.3 is 0 Å². The van der Waals surface area contributed by atoms with Crippen molar-refractivity contribution in [2.24, 2.45) is 5.73 Å². The first-order valence-electron chi connectivity index (χ1n) is 12.0. The van der Waals surface area contributed by atoms with E-state index in [0.717, 1.165) is 17.6 Å². The van der Waals surface area contributed by atoms with E-state index in [-0.39, 0.29) is 28.6 Å². The van der Waals surface area contributed by atoms with E-state index in [2.05, 4.69) is 0 Å². The van der Waals surface area contributed by atoms with Crippen molar-refractivity contribution in [3.63, 3.8) is 0 Å². The Morgan fingerprint density at radius 3 is 2.29 bits per heavy atom. The highest BCUT2D eigenvalue weighted by molar-refractivity contribution is 6.10. The zero-order chi connectivity index (χ0) is 26.8. The monoisotopic (exact) mass is 509 g/mol. The first-order valence-corrected chi connectivity index (χ1v) is 12.0. The second-order valence-corrected chi connectivity index (χ2v) is 9.09. The summed E-state index contributed by atoms with van der Waals surface area (Å²) >= 11 is 0. The second kappa shape index (κ2) is 10.1. The van der Waals surface area contributed by atoms with Gasteiger partial charge in [-0.1, -0.05) is 54.6 Å². The molecule has 1 aliphatic carbocycles. The third kappa shape index (κ3) is 4.69. The van der Waals surface area contributed by atoms with Crippen LogP contribution >= 0.6 is 0 Å². The van der Waals surface area contributed by atoms with Crippen molar-refractivity contribution in [2.75, 3.05) is 0 Å². The van der Waals surface area contributed by atoms with Crippen molar-refractivity contribution in [1.29, 1.82) is 0 Å². The first-order chi connectivity index (χ1) is 18.3. The Balaban J connectivity index is 1.67. The number of allylic oxidation sites excluding steroid dienone is 3. The van der Waals surface area contributed by atoms with Gasteiger partial charge in [0.15, 0.2) is 11.7 Å². The maximum Gasteiger partial charge on any atom is 0.270 e. The third-order valence-electron chi connectivity index (χ3n) is 6.71. The van der Waals surface area contributed by atoms with Gasteiger partial charge < -0.3 is 10.5 Å². The van der Waals surface area contributed by atoms with Crippen LogP contribution in [0.15, 0.2) is 107 Å². The summed E-state index contributed by atoms with van der Waals surface area (Å²) in [6.07, 6.45) is 3.79. The summed E-state index contributed by atoms with van der Waals surface area (Å²) in [4.78, 5) is 35.6. The zero-order valence-corrected chi connectivity index (χ0v) is 20.2. The molecule has 190 valence electrons. The van der Waals surface area contributed by atoms with Gasteiger partial charge in [0, 0.05) is 35.7 Å². The minimum absolute atomic E-state index is 0.0291. The van der Waals surface area contributed by atoms with Crippen LogP contribution in [0.5, 0.6) is 0 Å². The lowest BCUT2D eigenvalue weighted by Gasteiger charge is -2.35. The molecule has 0 saturated heterocycles. The van der Waals surface area contributed by atoms with Gasteiger partial charge in [-0.3, -0.25) is 25.0 Å². The fourth-order valence-corrected chi connectivity index (χ4v) is 5.03. The number of rotatable bonds is 6. The van der Waals surface area contributed by atoms with Gasteiger partial charge in [-0.15, -0.1) is 0 Å². The molecular formula is C29H23N3O6. The molecule has 0 fully saturated rings. The Hall–Kier alpha value is -5.05. The summed E-state index contributed by atoms with van der Waals surface area (Å²) in [5.41, 5.74) is 9.73. The van der Waals surface area contributed by atoms with Crippen molar-refractivity contribution in [1.82, 2.24) is 0 Å². The van der Waals surface area contributed by atoms with Crippen LogP contribution in [0.2, 0.25) is 0 Å². The number of benzene rings is 3. The molecule has 2 aliphatic rings. The average molecular weight is 510 g/mol. The number of carbonyl (C=O) groups excluding carboxylic acids is 1. The van der Waals surface area contributed by atoms with Crippen molar-refractivity contribution in [2.45, 2.75) is 25.2 Å². The van der Waals surface area contributed by atoms with Gasteiger partial charge in [-0.2, -0.15) is 0 Å². The second-order valence-electron chi connectivity index (χ2n) is 9.09. The standard InChI is InChI=1S/C29H23N3O6/c30-29-26(27(33)19-8-2-1-3-9-19)25(20-10-5-13-23(17-20)32(36)37)24-14-6-11-21(28(24)38-29)15-18-7-4-12-22(16-18)31(34)35/h1-5,7-10,12-13,15-17,25H,6,11,14,30H2. The van der Waals surface area contributed by atoms with Crippen LogP contribution in [0.4, 0.5) is 11.4 Å². The largest absolute Gasteiger partial charge is 0.441 e. The van der Waals surface area contributed by atoms with Crippen molar-refractivity contribution < 1.29 is 19.4 Å². The molecule has 1 aliphatic heterocycles. The lowest BCUT2D eigenvalue weighted by molar-refractivity contribution is -0.385. The van der Waals surface area contributed by atoms with Crippen LogP contribution in [0.1, 0.15) is 46.7 Å². The Bertz CT molecular complexity index is 1560. The van der Waals surface area contributed by atoms with E-state index in [4.69, 9.17) is 10.5 Å². The molecular weight excluding hydrogens is 486 g/mol. The molecule has 3 aromatic rings. The summed E-state index contributed by atoms with van der Waals surface area (Å²) in [6.45, 7) is 0. The van der Waals surface area contributed by atoms with Gasteiger partial charge in [0.05, 0.1) is 15.4 Å². The molecule has 9 nitrogen and oxygen atoms in total. The third-order valence-corrected chi connectivity index (χ3v) is 6.71. The smallest absolute Gasteiger partial charge is 0.270 e. The van der Waals surface area contributed by atoms with Gasteiger partial charge in [-0.05, 0) is 47.6 Å². The number of carbonyl (C=O) groups is 1. The van der Waals surface area contributed by atoms with Gasteiger partial charge in [0.1, 0.15) is 5.76 Å². The van der Waals surface area contributed by atoms with Crippen LogP contribution in [-0.2, 0) is 4.74 Å². The van der Waals surface area contributed by atoms with E-state index in [1.807, 2.05) is 6.08 Å². The molecule has 9 heteroatoms. The molecule has 5 rings (SSSR count). The average Bonchev–Trinajstić information content (AvgIpc) is 2.93. The lowest BCUT2D eigenvalue weighted by atomic mass is 9.74. The molecule has 1 atom stereocenters. The molecule has 1 unspecified atom stereocenters. The zero-order valence-electron chi connectivity index (χ0n) is 20.2. The number of nitrogens with zero attached hydrogens (tertiary/aromatic N) is 2. The number of ether oxygens (including phenoxy) is 1. The summed E-state index contributed by atoms with van der Waals surface area (Å²) in [7, 11) is 0. The number of Topliss-reactive ketones (excluding diaryl/α,β-unsaturated/α-hetero) is 1. The lowest BCUT2D eigenvalue weighted by Crippen LogP contribution is -2.28. The van der Waals surface area contributed by atoms with E-state index in [1.165, 1.54) is 24.3 Å². The number of nitro groups is 2. The van der Waals surface area contributed by atoms with Crippen LogP contribution < -0.4 is 5.73 Å². The molecule has 0 spiro atoms. The van der Waals surface area contributed by atoms with E-state index >= 15 is 0 Å². The highest BCUT2D eigenvalue weighted by Crippen LogP contribution is 2.48. The van der Waals surface area contributed by atoms with E-state index in [1.54, 1.807) is 54.6 Å². The van der Waals surface area contributed by atoms with Crippen LogP contribution in [-0.4, -0.2) is 15.6 Å². The Kier molecular flexibility index (Phi) is 6.57. The van der Waals surface area contributed by atoms with Gasteiger partial charge in [-0.25, -0.2) is 0 Å². The molecule has 2 N–H and O–H groups in total. The quantitative estimate of drug-likeness (QED) is 0.237. The van der Waals surface area contributed by atoms with Crippen LogP contribution in [0, 0.1) is 20.2 Å². The summed E-state index contributed by atoms with van der Waals surface area (Å²) in [5, 5.41) is 22.8. The summed E-state index contributed by atoms with van der Waals surface area (Å²) < 4.78 is 6.12. The predicted molar refractivity (Wildman–Crippen MR) is 141 cm³/mol. The number of non-ortho nitro benzene ring substituents is 2. The maximum atomic E-state index is 13.7. The minimum atomic E-state index is -0.653. The van der Waals surface area contributed by atoms with E-state index < -0.39 is 15.8 Å². The molecule has 1 heterocycles. The van der Waals surface area contributed by atoms with Crippen molar-refractivity contribution in [3.8, 4) is 0 Å². The number of hydrogen-bond donors (Lipinski definition) is 1. The van der Waals surface area contributed by atoms with E-state index in [9.17, 15) is 25.0 Å². The highest BCUT2D eigenvalue weighted by Gasteiger charge is 2.39. The molecule has 0 amide bonds. The van der Waals surface area contributed by atoms with Gasteiger partial charge in [0.2, 0.25) is 0 Å². The molecule has 3 aromatic carbocycles. The van der Waals surface area contributed by atoms with Crippen molar-refractivity contribution >= 4 is 23.2 Å². The van der Waals surface area contributed by atoms with Crippen LogP contribution in [0.25, 0.3) is 6.08 Å². The molecule has 38 heavy (non-hydrogen) atoms. The Labute approximate surface area is 217 Å². The Morgan fingerprint density at radius 2 is 1.58 bits per heavy atom. The topological polar surface area (TPSA) is 139 Å². The SMILES string of the molecule is NC1=C(C(=O)c2ccccc2)C(c2cccc([N+](=O)[O-])c2)C2=C(O1)C(=Cc1cccc([N+](=O)[O-])c1)CCC2. The summed E-state index contributed by atoms with van der Waals surface area (Å²) in [5.74, 6) is -0.538. The van der Waals surface area contributed by atoms with Crippen LogP contribution in [0.3, 0.4) is 0 Å².